The molecule has 1 heterocycles. The molecule has 0 aliphatic heterocycles. The fourth-order valence-electron chi connectivity index (χ4n) is 0.325. The Morgan fingerprint density at radius 3 is 1.93 bits per heavy atom. The second-order valence-corrected chi connectivity index (χ2v) is 4.01. The van der Waals surface area contributed by atoms with Crippen LogP contribution in [-0.2, 0) is 9.24 Å². The number of hydrogen-bond donors (Lipinski definition) is 2. The zero-order valence-electron chi connectivity index (χ0n) is 6.66. The van der Waals surface area contributed by atoms with Crippen LogP contribution in [0.4, 0.5) is 4.79 Å². The molecule has 8 nitrogen and oxygen atoms in total. The third-order valence-corrected chi connectivity index (χ3v) is 1.31. The van der Waals surface area contributed by atoms with Crippen LogP contribution >= 0.6 is 10.7 Å². The molecular weight excluding hydrogens is 234 g/mol. The highest BCUT2D eigenvalue weighted by Crippen LogP contribution is 1.86. The Hall–Kier alpha value is -1.48. The largest absolute Gasteiger partial charge is 0.351 e. The lowest BCUT2D eigenvalue weighted by molar-refractivity contribution is 0.253. The SMILES string of the molecule is NC(=O)NS(=O)(=O)Cl.c1cnnnc1. The van der Waals surface area contributed by atoms with Gasteiger partial charge in [0, 0.05) is 10.7 Å². The van der Waals surface area contributed by atoms with Crippen LogP contribution in [-0.4, -0.2) is 29.9 Å². The third kappa shape index (κ3) is 10.5. The van der Waals surface area contributed by atoms with Gasteiger partial charge in [-0.05, 0) is 11.3 Å². The molecule has 0 saturated carbocycles. The van der Waals surface area contributed by atoms with Gasteiger partial charge in [-0.1, -0.05) is 0 Å². The van der Waals surface area contributed by atoms with Crippen molar-refractivity contribution in [1.29, 1.82) is 0 Å². The number of rotatable bonds is 1. The third-order valence-electron chi connectivity index (χ3n) is 0.631. The lowest BCUT2D eigenvalue weighted by Gasteiger charge is -1.90. The quantitative estimate of drug-likeness (QED) is 0.606. The topological polar surface area (TPSA) is 128 Å². The highest BCUT2D eigenvalue weighted by molar-refractivity contribution is 8.12. The number of urea groups is 1. The van der Waals surface area contributed by atoms with Crippen molar-refractivity contribution in [3.63, 3.8) is 0 Å². The highest BCUT2D eigenvalue weighted by atomic mass is 35.7. The number of nitrogens with one attached hydrogen (secondary N) is 1. The van der Waals surface area contributed by atoms with Crippen molar-refractivity contribution >= 4 is 26.0 Å². The maximum Gasteiger partial charge on any atom is 0.326 e. The molecule has 0 saturated heterocycles. The molecule has 0 aromatic carbocycles. The van der Waals surface area contributed by atoms with Crippen LogP contribution in [0.5, 0.6) is 0 Å². The van der Waals surface area contributed by atoms with E-state index in [1.165, 1.54) is 4.72 Å². The monoisotopic (exact) mass is 239 g/mol. The fourth-order valence-corrected chi connectivity index (χ4v) is 0.793. The van der Waals surface area contributed by atoms with Crippen molar-refractivity contribution in [1.82, 2.24) is 20.1 Å². The van der Waals surface area contributed by atoms with Crippen molar-refractivity contribution in [3.8, 4) is 0 Å². The van der Waals surface area contributed by atoms with Crippen LogP contribution in [0.3, 0.4) is 0 Å². The average molecular weight is 240 g/mol. The fraction of sp³-hybridized carbons (Fsp3) is 0. The number of aromatic nitrogens is 3. The van der Waals surface area contributed by atoms with Crippen LogP contribution in [0, 0.1) is 0 Å². The van der Waals surface area contributed by atoms with Gasteiger partial charge < -0.3 is 5.73 Å². The summed E-state index contributed by atoms with van der Waals surface area (Å²) in [5.74, 6) is 0. The predicted octanol–water partition coefficient (Wildman–Crippen LogP) is -0.990. The van der Waals surface area contributed by atoms with E-state index in [4.69, 9.17) is 0 Å². The molecule has 0 radical (unpaired) electrons. The molecular formula is C4H6ClN5O3S. The Morgan fingerprint density at radius 2 is 1.86 bits per heavy atom. The molecule has 78 valence electrons. The summed E-state index contributed by atoms with van der Waals surface area (Å²) < 4.78 is 20.8. The second kappa shape index (κ2) is 6.05. The van der Waals surface area contributed by atoms with E-state index in [2.05, 4.69) is 31.8 Å². The Balaban J connectivity index is 0.000000249. The van der Waals surface area contributed by atoms with Crippen LogP contribution < -0.4 is 10.5 Å². The van der Waals surface area contributed by atoms with Gasteiger partial charge >= 0.3 is 15.3 Å². The van der Waals surface area contributed by atoms with Gasteiger partial charge in [-0.25, -0.2) is 9.52 Å². The predicted molar refractivity (Wildman–Crippen MR) is 47.3 cm³/mol. The Bertz CT molecular complexity index is 341. The van der Waals surface area contributed by atoms with Gasteiger partial charge in [0.25, 0.3) is 0 Å². The zero-order valence-corrected chi connectivity index (χ0v) is 8.23. The summed E-state index contributed by atoms with van der Waals surface area (Å²) >= 11 is 0. The molecule has 0 atom stereocenters. The highest BCUT2D eigenvalue weighted by Gasteiger charge is 2.04. The Morgan fingerprint density at radius 1 is 1.36 bits per heavy atom. The maximum atomic E-state index is 9.80. The van der Waals surface area contributed by atoms with E-state index in [0.717, 1.165) is 0 Å². The van der Waals surface area contributed by atoms with Gasteiger partial charge in [-0.15, -0.1) is 10.2 Å². The van der Waals surface area contributed by atoms with Gasteiger partial charge in [0.05, 0.1) is 12.4 Å². The van der Waals surface area contributed by atoms with Gasteiger partial charge in [0.1, 0.15) is 0 Å². The number of carbonyl (C=O) groups is 1. The first-order chi connectivity index (χ1) is 6.42. The molecule has 1 aromatic rings. The first-order valence-electron chi connectivity index (χ1n) is 3.02. The minimum Gasteiger partial charge on any atom is -0.351 e. The van der Waals surface area contributed by atoms with Crippen LogP contribution in [0.25, 0.3) is 0 Å². The van der Waals surface area contributed by atoms with Gasteiger partial charge in [0.2, 0.25) is 0 Å². The minimum atomic E-state index is -3.98. The molecule has 0 bridgehead atoms. The summed E-state index contributed by atoms with van der Waals surface area (Å²) in [6, 6.07) is 0.521. The standard InChI is InChI=1S/C3H3N3.CH3ClN2O3S/c1-2-4-6-5-3-1;2-8(6,7)4-1(3)5/h1-3H;(H3,3,4,5). The normalized spacial score (nSPS) is 9.50. The molecule has 0 spiro atoms. The van der Waals surface area contributed by atoms with Crippen molar-refractivity contribution in [2.75, 3.05) is 0 Å². The summed E-state index contributed by atoms with van der Waals surface area (Å²) in [4.78, 5) is 9.66. The lowest BCUT2D eigenvalue weighted by Crippen LogP contribution is -2.31. The maximum absolute atomic E-state index is 9.80. The summed E-state index contributed by atoms with van der Waals surface area (Å²) in [7, 11) is 0.513. The molecule has 10 heteroatoms. The number of primary amides is 1. The van der Waals surface area contributed by atoms with Crippen molar-refractivity contribution in [3.05, 3.63) is 18.5 Å². The Kier molecular flexibility index (Phi) is 5.41. The van der Waals surface area contributed by atoms with E-state index in [9.17, 15) is 13.2 Å². The van der Waals surface area contributed by atoms with Crippen molar-refractivity contribution in [2.45, 2.75) is 0 Å². The van der Waals surface area contributed by atoms with E-state index in [0.29, 0.717) is 0 Å². The van der Waals surface area contributed by atoms with Crippen molar-refractivity contribution in [2.24, 2.45) is 5.73 Å². The lowest BCUT2D eigenvalue weighted by atomic mass is 10.7. The molecule has 0 aliphatic carbocycles. The molecule has 0 aliphatic rings. The molecule has 0 fully saturated rings. The summed E-state index contributed by atoms with van der Waals surface area (Å²) in [6.07, 6.45) is 3.15. The smallest absolute Gasteiger partial charge is 0.326 e. The van der Waals surface area contributed by atoms with E-state index in [1.54, 1.807) is 18.5 Å². The van der Waals surface area contributed by atoms with Crippen LogP contribution in [0.1, 0.15) is 0 Å². The average Bonchev–Trinajstić information content (AvgIpc) is 2.03. The number of amides is 2. The van der Waals surface area contributed by atoms with E-state index in [1.807, 2.05) is 0 Å². The first-order valence-corrected chi connectivity index (χ1v) is 5.33. The number of nitrogens with zero attached hydrogens (tertiary/aromatic N) is 3. The van der Waals surface area contributed by atoms with E-state index < -0.39 is 15.3 Å². The first kappa shape index (κ1) is 12.5. The summed E-state index contributed by atoms with van der Waals surface area (Å²) in [5.41, 5.74) is 4.36. The zero-order chi connectivity index (χ0) is 11.0. The number of carbonyl (C=O) groups excluding carboxylic acids is 1. The van der Waals surface area contributed by atoms with Gasteiger partial charge in [0.15, 0.2) is 0 Å². The number of halogens is 1. The molecule has 1 rings (SSSR count). The molecule has 3 N–H and O–H groups in total. The molecule has 14 heavy (non-hydrogen) atoms. The Labute approximate surface area is 84.0 Å². The van der Waals surface area contributed by atoms with Crippen LogP contribution in [0.2, 0.25) is 0 Å². The summed E-state index contributed by atoms with van der Waals surface area (Å²) in [6.45, 7) is 0. The van der Waals surface area contributed by atoms with Crippen molar-refractivity contribution < 1.29 is 13.2 Å². The molecule has 2 amide bonds. The van der Waals surface area contributed by atoms with E-state index in [-0.39, 0.29) is 0 Å². The van der Waals surface area contributed by atoms with Crippen LogP contribution in [0.15, 0.2) is 18.5 Å². The number of hydrogen-bond acceptors (Lipinski definition) is 6. The second-order valence-electron chi connectivity index (χ2n) is 1.72. The number of nitrogens with two attached hydrogens (primary N) is 1. The molecule has 1 aromatic heterocycles. The molecule has 0 unspecified atom stereocenters. The van der Waals surface area contributed by atoms with E-state index >= 15 is 0 Å². The van der Waals surface area contributed by atoms with Gasteiger partial charge in [-0.3, -0.25) is 0 Å². The van der Waals surface area contributed by atoms with Gasteiger partial charge in [-0.2, -0.15) is 8.42 Å². The summed E-state index contributed by atoms with van der Waals surface area (Å²) in [5, 5.41) is 10.1. The minimum absolute atomic E-state index is 1.19.